The Morgan fingerprint density at radius 1 is 1.13 bits per heavy atom. The lowest BCUT2D eigenvalue weighted by Gasteiger charge is -2.31. The molecular formula is C21H20ClN5O3. The maximum absolute atomic E-state index is 12.8. The van der Waals surface area contributed by atoms with Crippen molar-refractivity contribution in [1.29, 1.82) is 0 Å². The Hall–Kier alpha value is -3.26. The van der Waals surface area contributed by atoms with Crippen LogP contribution in [0.25, 0.3) is 11.4 Å². The molecule has 0 radical (unpaired) electrons. The lowest BCUT2D eigenvalue weighted by atomic mass is 9.95. The Balaban J connectivity index is 1.32. The Bertz CT molecular complexity index is 1040. The van der Waals surface area contributed by atoms with E-state index in [-0.39, 0.29) is 17.7 Å². The number of hydrogen-bond donors (Lipinski definition) is 1. The number of amides is 2. The van der Waals surface area contributed by atoms with E-state index >= 15 is 0 Å². The van der Waals surface area contributed by atoms with Gasteiger partial charge in [0.05, 0.1) is 5.02 Å². The predicted molar refractivity (Wildman–Crippen MR) is 111 cm³/mol. The number of carbonyl (C=O) groups excluding carboxylic acids is 2. The van der Waals surface area contributed by atoms with E-state index in [1.165, 1.54) is 6.20 Å². The minimum absolute atomic E-state index is 0.0518. The highest BCUT2D eigenvalue weighted by atomic mass is 35.5. The fraction of sp³-hybridized carbons (Fsp3) is 0.286. The predicted octanol–water partition coefficient (Wildman–Crippen LogP) is 3.58. The number of pyridine rings is 1. The van der Waals surface area contributed by atoms with Crippen LogP contribution in [0, 0.1) is 12.8 Å². The van der Waals surface area contributed by atoms with Crippen molar-refractivity contribution < 1.29 is 14.1 Å². The third-order valence-electron chi connectivity index (χ3n) is 5.05. The molecule has 0 bridgehead atoms. The first-order valence-corrected chi connectivity index (χ1v) is 10.00. The molecule has 1 fully saturated rings. The monoisotopic (exact) mass is 425 g/mol. The zero-order chi connectivity index (χ0) is 21.1. The summed E-state index contributed by atoms with van der Waals surface area (Å²) < 4.78 is 4.99. The summed E-state index contributed by atoms with van der Waals surface area (Å²) in [6.07, 6.45) is 2.69. The maximum atomic E-state index is 12.8. The molecule has 1 aliphatic heterocycles. The number of piperidine rings is 1. The average Bonchev–Trinajstić information content (AvgIpc) is 3.21. The van der Waals surface area contributed by atoms with Gasteiger partial charge in [-0.2, -0.15) is 4.98 Å². The number of nitrogens with one attached hydrogen (secondary N) is 1. The van der Waals surface area contributed by atoms with E-state index in [0.717, 1.165) is 5.56 Å². The Kier molecular flexibility index (Phi) is 5.76. The van der Waals surface area contributed by atoms with Gasteiger partial charge in [-0.3, -0.25) is 9.59 Å². The highest BCUT2D eigenvalue weighted by molar-refractivity contribution is 6.30. The number of benzene rings is 1. The number of aromatic nitrogens is 3. The van der Waals surface area contributed by atoms with E-state index in [9.17, 15) is 9.59 Å². The largest absolute Gasteiger partial charge is 0.339 e. The normalized spacial score (nSPS) is 14.5. The molecule has 0 saturated carbocycles. The van der Waals surface area contributed by atoms with Gasteiger partial charge in [0.2, 0.25) is 17.6 Å². The molecule has 1 aromatic carbocycles. The van der Waals surface area contributed by atoms with Gasteiger partial charge in [-0.25, -0.2) is 4.98 Å². The lowest BCUT2D eigenvalue weighted by molar-refractivity contribution is -0.121. The number of carbonyl (C=O) groups is 2. The first-order chi connectivity index (χ1) is 14.5. The molecule has 0 atom stereocenters. The minimum Gasteiger partial charge on any atom is -0.339 e. The molecule has 3 aromatic rings. The van der Waals surface area contributed by atoms with Crippen LogP contribution < -0.4 is 5.32 Å². The van der Waals surface area contributed by atoms with Crippen molar-refractivity contribution in [2.45, 2.75) is 19.8 Å². The molecule has 0 aliphatic carbocycles. The van der Waals surface area contributed by atoms with Gasteiger partial charge in [0, 0.05) is 43.3 Å². The summed E-state index contributed by atoms with van der Waals surface area (Å²) in [6.45, 7) is 2.78. The third-order valence-corrected chi connectivity index (χ3v) is 5.27. The summed E-state index contributed by atoms with van der Waals surface area (Å²) in [4.78, 5) is 35.3. The van der Waals surface area contributed by atoms with Crippen LogP contribution >= 0.6 is 11.6 Å². The van der Waals surface area contributed by atoms with E-state index in [0.29, 0.717) is 54.1 Å². The van der Waals surface area contributed by atoms with E-state index in [2.05, 4.69) is 20.4 Å². The molecule has 154 valence electrons. The zero-order valence-corrected chi connectivity index (χ0v) is 17.1. The summed E-state index contributed by atoms with van der Waals surface area (Å²) >= 11 is 5.81. The molecule has 2 amide bonds. The number of likely N-dealkylation sites (tertiary alicyclic amines) is 1. The Morgan fingerprint density at radius 3 is 2.47 bits per heavy atom. The molecule has 8 nitrogen and oxygen atoms in total. The van der Waals surface area contributed by atoms with Crippen LogP contribution in [0.15, 0.2) is 47.1 Å². The molecule has 30 heavy (non-hydrogen) atoms. The topological polar surface area (TPSA) is 101 Å². The van der Waals surface area contributed by atoms with Crippen LogP contribution in [-0.2, 0) is 4.79 Å². The third kappa shape index (κ3) is 4.49. The van der Waals surface area contributed by atoms with E-state index in [4.69, 9.17) is 16.1 Å². The molecule has 1 N–H and O–H groups in total. The SMILES string of the molecule is Cc1nc(-c2ccc(C(=O)N3CCC(C(=O)Nc4ccc(Cl)cn4)CC3)cc2)no1. The van der Waals surface area contributed by atoms with Crippen molar-refractivity contribution in [1.82, 2.24) is 20.0 Å². The fourth-order valence-corrected chi connectivity index (χ4v) is 3.50. The summed E-state index contributed by atoms with van der Waals surface area (Å²) in [6, 6.07) is 10.5. The number of anilines is 1. The van der Waals surface area contributed by atoms with E-state index in [1.807, 2.05) is 0 Å². The molecule has 1 aliphatic rings. The standard InChI is InChI=1S/C21H20ClN5O3/c1-13-24-19(26-30-13)14-2-4-16(5-3-14)21(29)27-10-8-15(9-11-27)20(28)25-18-7-6-17(22)12-23-18/h2-7,12,15H,8-11H2,1H3,(H,23,25,28). The lowest BCUT2D eigenvalue weighted by Crippen LogP contribution is -2.41. The van der Waals surface area contributed by atoms with Crippen molar-refractivity contribution in [3.05, 3.63) is 59.1 Å². The molecule has 0 unspecified atom stereocenters. The second-order valence-corrected chi connectivity index (χ2v) is 7.57. The van der Waals surface area contributed by atoms with Gasteiger partial charge in [-0.1, -0.05) is 28.9 Å². The maximum Gasteiger partial charge on any atom is 0.253 e. The minimum atomic E-state index is -0.157. The van der Waals surface area contributed by atoms with Crippen LogP contribution in [0.2, 0.25) is 5.02 Å². The molecule has 2 aromatic heterocycles. The summed E-state index contributed by atoms with van der Waals surface area (Å²) in [7, 11) is 0. The van der Waals surface area contributed by atoms with Crippen molar-refractivity contribution in [3.8, 4) is 11.4 Å². The van der Waals surface area contributed by atoms with Crippen LogP contribution in [0.5, 0.6) is 0 Å². The Morgan fingerprint density at radius 2 is 1.87 bits per heavy atom. The summed E-state index contributed by atoms with van der Waals surface area (Å²) in [5.74, 6) is 1.16. The van der Waals surface area contributed by atoms with Crippen LogP contribution in [0.3, 0.4) is 0 Å². The van der Waals surface area contributed by atoms with Crippen LogP contribution in [-0.4, -0.2) is 44.9 Å². The Labute approximate surface area is 178 Å². The second-order valence-electron chi connectivity index (χ2n) is 7.13. The fourth-order valence-electron chi connectivity index (χ4n) is 3.38. The van der Waals surface area contributed by atoms with Crippen LogP contribution in [0.1, 0.15) is 29.1 Å². The number of hydrogen-bond acceptors (Lipinski definition) is 6. The number of halogens is 1. The van der Waals surface area contributed by atoms with Gasteiger partial charge in [-0.15, -0.1) is 0 Å². The molecule has 3 heterocycles. The summed E-state index contributed by atoms with van der Waals surface area (Å²) in [5.41, 5.74) is 1.38. The number of nitrogens with zero attached hydrogens (tertiary/aromatic N) is 4. The first-order valence-electron chi connectivity index (χ1n) is 9.62. The van der Waals surface area contributed by atoms with Gasteiger partial charge < -0.3 is 14.7 Å². The van der Waals surface area contributed by atoms with Gasteiger partial charge in [0.25, 0.3) is 5.91 Å². The smallest absolute Gasteiger partial charge is 0.253 e. The second kappa shape index (κ2) is 8.62. The molecule has 4 rings (SSSR count). The molecular weight excluding hydrogens is 406 g/mol. The van der Waals surface area contributed by atoms with Gasteiger partial charge in [0.1, 0.15) is 5.82 Å². The van der Waals surface area contributed by atoms with Crippen molar-refractivity contribution in [3.63, 3.8) is 0 Å². The highest BCUT2D eigenvalue weighted by Crippen LogP contribution is 2.22. The molecule has 9 heteroatoms. The van der Waals surface area contributed by atoms with Crippen molar-refractivity contribution in [2.75, 3.05) is 18.4 Å². The zero-order valence-electron chi connectivity index (χ0n) is 16.3. The van der Waals surface area contributed by atoms with Gasteiger partial charge >= 0.3 is 0 Å². The average molecular weight is 426 g/mol. The first kappa shape index (κ1) is 20.0. The molecule has 1 saturated heterocycles. The van der Waals surface area contributed by atoms with Crippen molar-refractivity contribution in [2.24, 2.45) is 5.92 Å². The highest BCUT2D eigenvalue weighted by Gasteiger charge is 2.28. The van der Waals surface area contributed by atoms with E-state index < -0.39 is 0 Å². The van der Waals surface area contributed by atoms with Crippen LogP contribution in [0.4, 0.5) is 5.82 Å². The quantitative estimate of drug-likeness (QED) is 0.685. The van der Waals surface area contributed by atoms with E-state index in [1.54, 1.807) is 48.2 Å². The van der Waals surface area contributed by atoms with Gasteiger partial charge in [-0.05, 0) is 37.1 Å². The van der Waals surface area contributed by atoms with Crippen molar-refractivity contribution >= 4 is 29.2 Å². The number of rotatable bonds is 4. The van der Waals surface area contributed by atoms with Gasteiger partial charge in [0.15, 0.2) is 0 Å². The summed E-state index contributed by atoms with van der Waals surface area (Å²) in [5, 5.41) is 7.20. The number of aryl methyl sites for hydroxylation is 1. The molecule has 0 spiro atoms.